The number of ether oxygens (including phenoxy) is 4. The van der Waals surface area contributed by atoms with Crippen molar-refractivity contribution in [1.82, 2.24) is 0 Å². The highest BCUT2D eigenvalue weighted by atomic mass is 31.2. The Morgan fingerprint density at radius 3 is 0.826 bits per heavy atom. The zero-order valence-electron chi connectivity index (χ0n) is 60.0. The zero-order valence-corrected chi connectivity index (χ0v) is 61.8. The number of rotatable bonds is 71. The number of hydrogen-bond donors (Lipinski definition) is 3. The van der Waals surface area contributed by atoms with E-state index in [0.29, 0.717) is 31.6 Å². The molecule has 0 aliphatic rings. The zero-order chi connectivity index (χ0) is 68.0. The summed E-state index contributed by atoms with van der Waals surface area (Å²) in [6.07, 6.45) is 48.7. The molecule has 6 atom stereocenters. The molecule has 0 fully saturated rings. The lowest BCUT2D eigenvalue weighted by Crippen LogP contribution is -2.30. The summed E-state index contributed by atoms with van der Waals surface area (Å²) in [6.45, 7) is 11.8. The van der Waals surface area contributed by atoms with Gasteiger partial charge >= 0.3 is 39.5 Å². The van der Waals surface area contributed by atoms with Crippen LogP contribution >= 0.6 is 15.6 Å². The van der Waals surface area contributed by atoms with Crippen LogP contribution in [0.1, 0.15) is 370 Å². The second kappa shape index (κ2) is 63.8. The number of hydrogen-bond acceptors (Lipinski definition) is 15. The van der Waals surface area contributed by atoms with E-state index < -0.39 is 97.5 Å². The van der Waals surface area contributed by atoms with E-state index in [4.69, 9.17) is 37.0 Å². The lowest BCUT2D eigenvalue weighted by Gasteiger charge is -2.21. The number of esters is 4. The van der Waals surface area contributed by atoms with E-state index >= 15 is 0 Å². The van der Waals surface area contributed by atoms with Crippen LogP contribution in [0, 0.1) is 17.8 Å². The number of phosphoric ester groups is 2. The van der Waals surface area contributed by atoms with Gasteiger partial charge in [-0.3, -0.25) is 37.3 Å². The summed E-state index contributed by atoms with van der Waals surface area (Å²) in [5, 5.41) is 10.6. The van der Waals surface area contributed by atoms with Crippen LogP contribution in [0.2, 0.25) is 0 Å². The molecular weight excluding hydrogens is 1210 g/mol. The highest BCUT2D eigenvalue weighted by Crippen LogP contribution is 2.45. The van der Waals surface area contributed by atoms with E-state index in [0.717, 1.165) is 108 Å². The van der Waals surface area contributed by atoms with Crippen molar-refractivity contribution in [3.05, 3.63) is 0 Å². The third kappa shape index (κ3) is 65.4. The Labute approximate surface area is 562 Å². The van der Waals surface area contributed by atoms with Crippen molar-refractivity contribution < 1.29 is 80.2 Å². The van der Waals surface area contributed by atoms with Gasteiger partial charge in [0.05, 0.1) is 26.4 Å². The summed E-state index contributed by atoms with van der Waals surface area (Å²) in [5.41, 5.74) is 0. The molecule has 0 aromatic carbocycles. The third-order valence-electron chi connectivity index (χ3n) is 17.2. The molecule has 0 aliphatic carbocycles. The summed E-state index contributed by atoms with van der Waals surface area (Å²) < 4.78 is 68.4. The molecule has 0 aromatic heterocycles. The Kier molecular flexibility index (Phi) is 62.4. The standard InChI is InChI=1S/C73H142O17P2/c1-8-10-11-12-13-14-15-16-20-23-26-32-40-47-54-70(75)83-60-68(89-72(77)56-49-42-33-27-24-21-18-17-19-22-25-31-39-46-53-66(7)9-2)62-87-91(79,80)85-58-67(74)59-86-92(81,82)88-63-69(61-84-71(76)55-48-41-36-35-38-45-52-65(5)6)90-73(78)57-50-43-34-29-28-30-37-44-51-64(3)4/h64-69,74H,8-63H2,1-7H3,(H,79,80)(H,81,82)/t66?,67-,68-,69-/m1/s1. The Balaban J connectivity index is 5.23. The molecule has 0 amide bonds. The topological polar surface area (TPSA) is 237 Å². The van der Waals surface area contributed by atoms with Crippen LogP contribution in [-0.4, -0.2) is 96.7 Å². The number of phosphoric acid groups is 2. The monoisotopic (exact) mass is 1350 g/mol. The van der Waals surface area contributed by atoms with Gasteiger partial charge in [-0.15, -0.1) is 0 Å². The smallest absolute Gasteiger partial charge is 0.462 e. The summed E-state index contributed by atoms with van der Waals surface area (Å²) >= 11 is 0. The van der Waals surface area contributed by atoms with Gasteiger partial charge in [-0.1, -0.05) is 318 Å². The highest BCUT2D eigenvalue weighted by molar-refractivity contribution is 7.47. The second-order valence-corrected chi connectivity index (χ2v) is 30.4. The summed E-state index contributed by atoms with van der Waals surface area (Å²) in [4.78, 5) is 72.6. The molecular formula is C73H142O17P2. The molecule has 17 nitrogen and oxygen atoms in total. The molecule has 0 aliphatic heterocycles. The van der Waals surface area contributed by atoms with Gasteiger partial charge in [-0.25, -0.2) is 9.13 Å². The molecule has 3 unspecified atom stereocenters. The minimum atomic E-state index is -4.95. The fraction of sp³-hybridized carbons (Fsp3) is 0.945. The van der Waals surface area contributed by atoms with Crippen molar-refractivity contribution in [3.63, 3.8) is 0 Å². The van der Waals surface area contributed by atoms with E-state index in [9.17, 15) is 43.2 Å². The fourth-order valence-corrected chi connectivity index (χ4v) is 12.6. The number of unbranched alkanes of at least 4 members (excludes halogenated alkanes) is 38. The van der Waals surface area contributed by atoms with Crippen LogP contribution in [0.25, 0.3) is 0 Å². The molecule has 92 heavy (non-hydrogen) atoms. The molecule has 19 heteroatoms. The van der Waals surface area contributed by atoms with Crippen molar-refractivity contribution >= 4 is 39.5 Å². The van der Waals surface area contributed by atoms with Gasteiger partial charge in [0, 0.05) is 25.7 Å². The lowest BCUT2D eigenvalue weighted by atomic mass is 9.99. The van der Waals surface area contributed by atoms with E-state index in [1.165, 1.54) is 173 Å². The van der Waals surface area contributed by atoms with E-state index in [2.05, 4.69) is 48.5 Å². The van der Waals surface area contributed by atoms with E-state index in [1.54, 1.807) is 0 Å². The summed E-state index contributed by atoms with van der Waals surface area (Å²) in [7, 11) is -9.90. The summed E-state index contributed by atoms with van der Waals surface area (Å²) in [6, 6.07) is 0. The molecule has 546 valence electrons. The quantitative estimate of drug-likeness (QED) is 0.0222. The molecule has 0 heterocycles. The Morgan fingerprint density at radius 1 is 0.315 bits per heavy atom. The lowest BCUT2D eigenvalue weighted by molar-refractivity contribution is -0.161. The minimum absolute atomic E-state index is 0.103. The van der Waals surface area contributed by atoms with Crippen molar-refractivity contribution in [3.8, 4) is 0 Å². The Morgan fingerprint density at radius 2 is 0.554 bits per heavy atom. The first-order valence-corrected chi connectivity index (χ1v) is 40.9. The maximum atomic E-state index is 13.1. The predicted molar refractivity (Wildman–Crippen MR) is 372 cm³/mol. The average Bonchev–Trinajstić information content (AvgIpc) is 1.86. The first kappa shape index (κ1) is 90.1. The van der Waals surface area contributed by atoms with E-state index in [-0.39, 0.29) is 25.7 Å². The second-order valence-electron chi connectivity index (χ2n) is 27.5. The van der Waals surface area contributed by atoms with Crippen LogP contribution in [0.4, 0.5) is 0 Å². The van der Waals surface area contributed by atoms with Crippen molar-refractivity contribution in [2.75, 3.05) is 39.6 Å². The summed E-state index contributed by atoms with van der Waals surface area (Å²) in [5.74, 6) is 0.119. The first-order chi connectivity index (χ1) is 44.3. The van der Waals surface area contributed by atoms with Crippen LogP contribution in [0.5, 0.6) is 0 Å². The van der Waals surface area contributed by atoms with Crippen LogP contribution < -0.4 is 0 Å². The normalized spacial score (nSPS) is 14.4. The SMILES string of the molecule is CCCCCCCCCCCCCCCCC(=O)OC[C@H](COP(=O)(O)OC[C@@H](O)COP(=O)(O)OC[C@@H](COC(=O)CCCCCCCCC(C)C)OC(=O)CCCCCCCCCCC(C)C)OC(=O)CCCCCCCCCCCCCCCCC(C)CC. The van der Waals surface area contributed by atoms with Gasteiger partial charge in [0.25, 0.3) is 0 Å². The molecule has 0 spiro atoms. The van der Waals surface area contributed by atoms with E-state index in [1.807, 2.05) is 0 Å². The molecule has 3 N–H and O–H groups in total. The van der Waals surface area contributed by atoms with Gasteiger partial charge in [0.15, 0.2) is 12.2 Å². The molecule has 0 bridgehead atoms. The molecule has 0 aromatic rings. The number of carbonyl (C=O) groups excluding carboxylic acids is 4. The van der Waals surface area contributed by atoms with Crippen LogP contribution in [-0.2, 0) is 65.4 Å². The Hall–Kier alpha value is -1.94. The van der Waals surface area contributed by atoms with Gasteiger partial charge < -0.3 is 33.8 Å². The fourth-order valence-electron chi connectivity index (χ4n) is 11.0. The van der Waals surface area contributed by atoms with Gasteiger partial charge in [0.1, 0.15) is 19.3 Å². The van der Waals surface area contributed by atoms with Gasteiger partial charge in [-0.2, -0.15) is 0 Å². The third-order valence-corrected chi connectivity index (χ3v) is 19.1. The number of aliphatic hydroxyl groups is 1. The molecule has 0 radical (unpaired) electrons. The maximum Gasteiger partial charge on any atom is 0.472 e. The molecule has 0 saturated carbocycles. The molecule has 0 saturated heterocycles. The van der Waals surface area contributed by atoms with Crippen molar-refractivity contribution in [2.24, 2.45) is 17.8 Å². The van der Waals surface area contributed by atoms with Crippen molar-refractivity contribution in [2.45, 2.75) is 388 Å². The average molecular weight is 1350 g/mol. The highest BCUT2D eigenvalue weighted by Gasteiger charge is 2.30. The van der Waals surface area contributed by atoms with Gasteiger partial charge in [-0.05, 0) is 43.4 Å². The van der Waals surface area contributed by atoms with Crippen LogP contribution in [0.15, 0.2) is 0 Å². The molecule has 0 rings (SSSR count). The minimum Gasteiger partial charge on any atom is -0.462 e. The predicted octanol–water partition coefficient (Wildman–Crippen LogP) is 21.0. The largest absolute Gasteiger partial charge is 0.472 e. The van der Waals surface area contributed by atoms with Crippen LogP contribution in [0.3, 0.4) is 0 Å². The maximum absolute atomic E-state index is 13.1. The van der Waals surface area contributed by atoms with Crippen molar-refractivity contribution in [1.29, 1.82) is 0 Å². The number of carbonyl (C=O) groups is 4. The van der Waals surface area contributed by atoms with Gasteiger partial charge in [0.2, 0.25) is 0 Å². The number of aliphatic hydroxyl groups excluding tert-OH is 1. The first-order valence-electron chi connectivity index (χ1n) is 37.9. The Bertz CT molecular complexity index is 1800.